The van der Waals surface area contributed by atoms with Crippen LogP contribution >= 0.6 is 0 Å². The number of nitrogens with two attached hydrogens (primary N) is 1. The molecule has 86 valence electrons. The van der Waals surface area contributed by atoms with Crippen molar-refractivity contribution in [1.29, 1.82) is 0 Å². The summed E-state index contributed by atoms with van der Waals surface area (Å²) in [5.41, 5.74) is 5.31. The van der Waals surface area contributed by atoms with Crippen LogP contribution in [0, 0.1) is 11.8 Å². The van der Waals surface area contributed by atoms with E-state index in [1.807, 2.05) is 0 Å². The maximum absolute atomic E-state index is 10.9. The molecule has 1 aliphatic carbocycles. The van der Waals surface area contributed by atoms with Crippen LogP contribution in [0.15, 0.2) is 18.2 Å². The summed E-state index contributed by atoms with van der Waals surface area (Å²) >= 11 is 0. The summed E-state index contributed by atoms with van der Waals surface area (Å²) in [5, 5.41) is 8.86. The Morgan fingerprint density at radius 2 is 2.38 bits per heavy atom. The van der Waals surface area contributed by atoms with Crippen molar-refractivity contribution in [3.8, 4) is 5.88 Å². The fourth-order valence-electron chi connectivity index (χ4n) is 1.56. The van der Waals surface area contributed by atoms with Crippen molar-refractivity contribution in [2.45, 2.75) is 6.42 Å². The van der Waals surface area contributed by atoms with E-state index in [-0.39, 0.29) is 12.3 Å². The molecule has 3 N–H and O–H groups in total. The Labute approximate surface area is 93.2 Å². The SMILES string of the molecule is NC(=O)c1cccc(OC[C@@H]2C[C@H]2CO)n1. The first-order valence-corrected chi connectivity index (χ1v) is 5.21. The van der Waals surface area contributed by atoms with Gasteiger partial charge in [-0.3, -0.25) is 4.79 Å². The number of amides is 1. The van der Waals surface area contributed by atoms with Gasteiger partial charge in [0.15, 0.2) is 0 Å². The molecule has 2 atom stereocenters. The van der Waals surface area contributed by atoms with Crippen molar-refractivity contribution in [2.75, 3.05) is 13.2 Å². The van der Waals surface area contributed by atoms with E-state index in [0.29, 0.717) is 24.3 Å². The third-order valence-electron chi connectivity index (χ3n) is 2.72. The Kier molecular flexibility index (Phi) is 3.05. The highest BCUT2D eigenvalue weighted by Crippen LogP contribution is 2.37. The van der Waals surface area contributed by atoms with Crippen molar-refractivity contribution in [2.24, 2.45) is 17.6 Å². The zero-order valence-corrected chi connectivity index (χ0v) is 8.80. The molecule has 0 bridgehead atoms. The highest BCUT2D eigenvalue weighted by Gasteiger charge is 2.36. The lowest BCUT2D eigenvalue weighted by Gasteiger charge is -2.05. The van der Waals surface area contributed by atoms with Gasteiger partial charge in [-0.05, 0) is 24.3 Å². The quantitative estimate of drug-likeness (QED) is 0.744. The van der Waals surface area contributed by atoms with E-state index in [9.17, 15) is 4.79 Å². The third kappa shape index (κ3) is 2.49. The standard InChI is InChI=1S/C11H14N2O3/c12-11(15)9-2-1-3-10(13-9)16-6-8-4-7(8)5-14/h1-3,7-8,14H,4-6H2,(H2,12,15)/t7-,8-/m0/s1. The van der Waals surface area contributed by atoms with Crippen LogP contribution in [0.1, 0.15) is 16.9 Å². The van der Waals surface area contributed by atoms with Crippen LogP contribution in [0.3, 0.4) is 0 Å². The molecule has 1 aromatic rings. The lowest BCUT2D eigenvalue weighted by Crippen LogP contribution is -2.13. The molecule has 16 heavy (non-hydrogen) atoms. The lowest BCUT2D eigenvalue weighted by atomic mass is 10.3. The number of aliphatic hydroxyl groups is 1. The van der Waals surface area contributed by atoms with E-state index >= 15 is 0 Å². The number of hydrogen-bond acceptors (Lipinski definition) is 4. The normalized spacial score (nSPS) is 22.8. The molecule has 5 heteroatoms. The molecule has 5 nitrogen and oxygen atoms in total. The van der Waals surface area contributed by atoms with E-state index < -0.39 is 5.91 Å². The van der Waals surface area contributed by atoms with Gasteiger partial charge < -0.3 is 15.6 Å². The number of nitrogens with zero attached hydrogens (tertiary/aromatic N) is 1. The number of hydrogen-bond donors (Lipinski definition) is 2. The van der Waals surface area contributed by atoms with Gasteiger partial charge in [-0.25, -0.2) is 4.98 Å². The predicted molar refractivity (Wildman–Crippen MR) is 56.9 cm³/mol. The number of ether oxygens (including phenoxy) is 1. The van der Waals surface area contributed by atoms with Crippen molar-refractivity contribution >= 4 is 5.91 Å². The van der Waals surface area contributed by atoms with Gasteiger partial charge in [0.05, 0.1) is 6.61 Å². The van der Waals surface area contributed by atoms with E-state index in [0.717, 1.165) is 6.42 Å². The van der Waals surface area contributed by atoms with Gasteiger partial charge in [-0.1, -0.05) is 6.07 Å². The maximum Gasteiger partial charge on any atom is 0.267 e. The second-order valence-electron chi connectivity index (χ2n) is 3.97. The monoisotopic (exact) mass is 222 g/mol. The summed E-state index contributed by atoms with van der Waals surface area (Å²) in [4.78, 5) is 14.8. The van der Waals surface area contributed by atoms with Crippen molar-refractivity contribution in [3.63, 3.8) is 0 Å². The molecule has 0 unspecified atom stereocenters. The molecule has 1 saturated carbocycles. The molecule has 1 amide bonds. The van der Waals surface area contributed by atoms with E-state index in [1.165, 1.54) is 0 Å². The fraction of sp³-hybridized carbons (Fsp3) is 0.455. The Morgan fingerprint density at radius 3 is 3.00 bits per heavy atom. The number of carbonyl (C=O) groups is 1. The summed E-state index contributed by atoms with van der Waals surface area (Å²) in [6.07, 6.45) is 0.992. The van der Waals surface area contributed by atoms with E-state index in [4.69, 9.17) is 15.6 Å². The number of aromatic nitrogens is 1. The van der Waals surface area contributed by atoms with Crippen LogP contribution in [0.4, 0.5) is 0 Å². The first-order valence-electron chi connectivity index (χ1n) is 5.21. The smallest absolute Gasteiger partial charge is 0.267 e. The topological polar surface area (TPSA) is 85.4 Å². The largest absolute Gasteiger partial charge is 0.477 e. The number of aliphatic hydroxyl groups excluding tert-OH is 1. The van der Waals surface area contributed by atoms with Gasteiger partial charge in [0.2, 0.25) is 5.88 Å². The Balaban J connectivity index is 1.89. The van der Waals surface area contributed by atoms with Gasteiger partial charge in [0.25, 0.3) is 5.91 Å². The first kappa shape index (κ1) is 10.9. The summed E-state index contributed by atoms with van der Waals surface area (Å²) in [6, 6.07) is 4.91. The molecule has 1 aromatic heterocycles. The molecule has 0 saturated heterocycles. The number of pyridine rings is 1. The molecule has 1 aliphatic rings. The summed E-state index contributed by atoms with van der Waals surface area (Å²) in [6.45, 7) is 0.739. The molecule has 1 fully saturated rings. The summed E-state index contributed by atoms with van der Waals surface area (Å²) in [5.74, 6) is 0.605. The lowest BCUT2D eigenvalue weighted by molar-refractivity contribution is 0.0994. The minimum absolute atomic E-state index is 0.201. The van der Waals surface area contributed by atoms with Gasteiger partial charge in [0.1, 0.15) is 5.69 Å². The second kappa shape index (κ2) is 4.49. The highest BCUT2D eigenvalue weighted by atomic mass is 16.5. The van der Waals surface area contributed by atoms with E-state index in [1.54, 1.807) is 18.2 Å². The molecule has 0 aromatic carbocycles. The summed E-state index contributed by atoms with van der Waals surface area (Å²) < 4.78 is 5.42. The predicted octanol–water partition coefficient (Wildman–Crippen LogP) is 0.188. The van der Waals surface area contributed by atoms with Crippen molar-refractivity contribution in [3.05, 3.63) is 23.9 Å². The van der Waals surface area contributed by atoms with Crippen LogP contribution in [0.2, 0.25) is 0 Å². The van der Waals surface area contributed by atoms with Crippen LogP contribution in [0.25, 0.3) is 0 Å². The van der Waals surface area contributed by atoms with Crippen LogP contribution in [0.5, 0.6) is 5.88 Å². The zero-order chi connectivity index (χ0) is 11.5. The highest BCUT2D eigenvalue weighted by molar-refractivity contribution is 5.90. The van der Waals surface area contributed by atoms with Crippen LogP contribution in [-0.2, 0) is 0 Å². The van der Waals surface area contributed by atoms with Crippen molar-refractivity contribution in [1.82, 2.24) is 4.98 Å². The molecule has 0 radical (unpaired) electrons. The molecular weight excluding hydrogens is 208 g/mol. The van der Waals surface area contributed by atoms with Gasteiger partial charge >= 0.3 is 0 Å². The zero-order valence-electron chi connectivity index (χ0n) is 8.80. The first-order chi connectivity index (χ1) is 7.70. The third-order valence-corrected chi connectivity index (χ3v) is 2.72. The minimum Gasteiger partial charge on any atom is -0.477 e. The molecule has 2 rings (SSSR count). The molecule has 0 spiro atoms. The van der Waals surface area contributed by atoms with Crippen LogP contribution in [-0.4, -0.2) is 29.2 Å². The Morgan fingerprint density at radius 1 is 1.56 bits per heavy atom. The molecule has 1 heterocycles. The Hall–Kier alpha value is -1.62. The number of primary amides is 1. The second-order valence-corrected chi connectivity index (χ2v) is 3.97. The number of carbonyl (C=O) groups excluding carboxylic acids is 1. The van der Waals surface area contributed by atoms with Gasteiger partial charge in [-0.2, -0.15) is 0 Å². The molecular formula is C11H14N2O3. The van der Waals surface area contributed by atoms with Gasteiger partial charge in [0, 0.05) is 12.7 Å². The van der Waals surface area contributed by atoms with Crippen molar-refractivity contribution < 1.29 is 14.6 Å². The molecule has 0 aliphatic heterocycles. The average Bonchev–Trinajstić information content (AvgIpc) is 3.05. The number of rotatable bonds is 5. The van der Waals surface area contributed by atoms with E-state index in [2.05, 4.69) is 4.98 Å². The van der Waals surface area contributed by atoms with Crippen LogP contribution < -0.4 is 10.5 Å². The fourth-order valence-corrected chi connectivity index (χ4v) is 1.56. The summed E-state index contributed by atoms with van der Waals surface area (Å²) in [7, 11) is 0. The maximum atomic E-state index is 10.9. The van der Waals surface area contributed by atoms with Gasteiger partial charge in [-0.15, -0.1) is 0 Å². The minimum atomic E-state index is -0.565. The average molecular weight is 222 g/mol. The Bertz CT molecular complexity index is 395.